The van der Waals surface area contributed by atoms with Crippen molar-refractivity contribution in [2.24, 2.45) is 0 Å². The standard InChI is InChI=1S/C19H21N3O3S/c1-15-13-17(25-2)7-8-19(15)26(23,24)22-11-9-21(10-12-22)18-6-4-3-5-16(18)14-20/h3-8,13H,9-12H2,1-2H3. The first kappa shape index (κ1) is 18.2. The fourth-order valence-electron chi connectivity index (χ4n) is 3.19. The van der Waals surface area contributed by atoms with Gasteiger partial charge in [-0.15, -0.1) is 0 Å². The van der Waals surface area contributed by atoms with E-state index < -0.39 is 10.0 Å². The van der Waals surface area contributed by atoms with Crippen LogP contribution in [-0.4, -0.2) is 46.0 Å². The summed E-state index contributed by atoms with van der Waals surface area (Å²) in [4.78, 5) is 2.37. The molecule has 2 aromatic carbocycles. The van der Waals surface area contributed by atoms with Gasteiger partial charge >= 0.3 is 0 Å². The molecule has 7 heteroatoms. The van der Waals surface area contributed by atoms with Gasteiger partial charge in [0.2, 0.25) is 10.0 Å². The fourth-order valence-corrected chi connectivity index (χ4v) is 4.82. The van der Waals surface area contributed by atoms with Gasteiger partial charge in [0, 0.05) is 26.2 Å². The Morgan fingerprint density at radius 3 is 2.38 bits per heavy atom. The van der Waals surface area contributed by atoms with Gasteiger partial charge in [-0.05, 0) is 42.8 Å². The number of piperazine rings is 1. The summed E-state index contributed by atoms with van der Waals surface area (Å²) in [6.45, 7) is 3.64. The maximum absolute atomic E-state index is 13.0. The topological polar surface area (TPSA) is 73.6 Å². The van der Waals surface area contributed by atoms with Crippen LogP contribution in [0.2, 0.25) is 0 Å². The molecule has 6 nitrogen and oxygen atoms in total. The van der Waals surface area contributed by atoms with E-state index in [9.17, 15) is 13.7 Å². The lowest BCUT2D eigenvalue weighted by atomic mass is 10.1. The molecule has 0 spiro atoms. The van der Waals surface area contributed by atoms with E-state index in [1.165, 1.54) is 4.31 Å². The minimum absolute atomic E-state index is 0.309. The second-order valence-electron chi connectivity index (χ2n) is 6.15. The van der Waals surface area contributed by atoms with Crippen LogP contribution in [0.3, 0.4) is 0 Å². The maximum Gasteiger partial charge on any atom is 0.243 e. The van der Waals surface area contributed by atoms with Crippen molar-refractivity contribution in [1.29, 1.82) is 5.26 Å². The zero-order valence-corrected chi connectivity index (χ0v) is 15.7. The Morgan fingerprint density at radius 1 is 1.08 bits per heavy atom. The summed E-state index contributed by atoms with van der Waals surface area (Å²) in [6.07, 6.45) is 0. The Morgan fingerprint density at radius 2 is 1.77 bits per heavy atom. The van der Waals surface area contributed by atoms with Crippen LogP contribution in [0.25, 0.3) is 0 Å². The monoisotopic (exact) mass is 371 g/mol. The molecule has 0 atom stereocenters. The minimum atomic E-state index is -3.55. The fraction of sp³-hybridized carbons (Fsp3) is 0.316. The zero-order valence-electron chi connectivity index (χ0n) is 14.8. The van der Waals surface area contributed by atoms with Gasteiger partial charge in [-0.25, -0.2) is 8.42 Å². The van der Waals surface area contributed by atoms with E-state index in [4.69, 9.17) is 4.74 Å². The Kier molecular flexibility index (Phi) is 5.16. The molecule has 2 aromatic rings. The number of para-hydroxylation sites is 1. The van der Waals surface area contributed by atoms with E-state index in [-0.39, 0.29) is 0 Å². The van der Waals surface area contributed by atoms with Crippen LogP contribution in [0.15, 0.2) is 47.4 Å². The molecule has 1 aliphatic rings. The molecule has 136 valence electrons. The first-order valence-corrected chi connectivity index (χ1v) is 9.80. The highest BCUT2D eigenvalue weighted by molar-refractivity contribution is 7.89. The van der Waals surface area contributed by atoms with Crippen molar-refractivity contribution >= 4 is 15.7 Å². The van der Waals surface area contributed by atoms with Gasteiger partial charge in [-0.2, -0.15) is 9.57 Å². The minimum Gasteiger partial charge on any atom is -0.497 e. The van der Waals surface area contributed by atoms with Crippen molar-refractivity contribution < 1.29 is 13.2 Å². The molecule has 0 bridgehead atoms. The summed E-state index contributed by atoms with van der Waals surface area (Å²) in [7, 11) is -2.00. The van der Waals surface area contributed by atoms with Gasteiger partial charge in [-0.3, -0.25) is 0 Å². The van der Waals surface area contributed by atoms with Crippen LogP contribution in [0, 0.1) is 18.3 Å². The van der Waals surface area contributed by atoms with Gasteiger partial charge in [0.25, 0.3) is 0 Å². The number of anilines is 1. The Labute approximate surface area is 154 Å². The van der Waals surface area contributed by atoms with Gasteiger partial charge in [0.15, 0.2) is 0 Å². The summed E-state index contributed by atoms with van der Waals surface area (Å²) in [5, 5.41) is 9.26. The first-order chi connectivity index (χ1) is 12.5. The number of nitriles is 1. The smallest absolute Gasteiger partial charge is 0.243 e. The van der Waals surface area contributed by atoms with Crippen molar-refractivity contribution in [2.45, 2.75) is 11.8 Å². The Hall–Kier alpha value is -2.56. The molecule has 0 amide bonds. The van der Waals surface area contributed by atoms with Crippen LogP contribution in [0.4, 0.5) is 5.69 Å². The third-order valence-electron chi connectivity index (χ3n) is 4.60. The number of sulfonamides is 1. The van der Waals surface area contributed by atoms with Crippen molar-refractivity contribution in [3.63, 3.8) is 0 Å². The zero-order chi connectivity index (χ0) is 18.7. The normalized spacial score (nSPS) is 15.5. The van der Waals surface area contributed by atoms with Crippen molar-refractivity contribution in [1.82, 2.24) is 4.31 Å². The van der Waals surface area contributed by atoms with Gasteiger partial charge in [0.05, 0.1) is 23.3 Å². The van der Waals surface area contributed by atoms with Crippen molar-refractivity contribution in [3.8, 4) is 11.8 Å². The summed E-state index contributed by atoms with van der Waals surface area (Å²) in [5.74, 6) is 0.638. The number of aryl methyl sites for hydroxylation is 1. The number of hydrogen-bond donors (Lipinski definition) is 0. The highest BCUT2D eigenvalue weighted by Gasteiger charge is 2.30. The number of nitrogens with zero attached hydrogens (tertiary/aromatic N) is 3. The average Bonchev–Trinajstić information content (AvgIpc) is 2.67. The van der Waals surface area contributed by atoms with E-state index >= 15 is 0 Å². The number of ether oxygens (including phenoxy) is 1. The largest absolute Gasteiger partial charge is 0.497 e. The summed E-state index contributed by atoms with van der Waals surface area (Å²) >= 11 is 0. The van der Waals surface area contributed by atoms with E-state index in [0.29, 0.717) is 48.0 Å². The summed E-state index contributed by atoms with van der Waals surface area (Å²) in [6, 6.07) is 14.6. The molecule has 26 heavy (non-hydrogen) atoms. The molecular formula is C19H21N3O3S. The molecule has 0 aromatic heterocycles. The predicted octanol–water partition coefficient (Wildman–Crippen LogP) is 2.39. The molecule has 1 heterocycles. The molecule has 0 N–H and O–H groups in total. The molecule has 0 radical (unpaired) electrons. The van der Waals surface area contributed by atoms with Crippen LogP contribution in [0.5, 0.6) is 5.75 Å². The molecule has 1 aliphatic heterocycles. The second-order valence-corrected chi connectivity index (χ2v) is 8.06. The molecule has 0 unspecified atom stereocenters. The van der Waals surface area contributed by atoms with Gasteiger partial charge < -0.3 is 9.64 Å². The van der Waals surface area contributed by atoms with E-state index in [0.717, 1.165) is 5.69 Å². The third kappa shape index (κ3) is 3.39. The van der Waals surface area contributed by atoms with E-state index in [1.807, 2.05) is 18.2 Å². The average molecular weight is 371 g/mol. The Balaban J connectivity index is 1.78. The maximum atomic E-state index is 13.0. The van der Waals surface area contributed by atoms with Crippen LogP contribution in [0.1, 0.15) is 11.1 Å². The number of methoxy groups -OCH3 is 1. The molecule has 1 saturated heterocycles. The lowest BCUT2D eigenvalue weighted by Gasteiger charge is -2.36. The summed E-state index contributed by atoms with van der Waals surface area (Å²) < 4.78 is 32.6. The number of rotatable bonds is 4. The Bertz CT molecular complexity index is 943. The van der Waals surface area contributed by atoms with Crippen LogP contribution < -0.4 is 9.64 Å². The predicted molar refractivity (Wildman–Crippen MR) is 99.9 cm³/mol. The quantitative estimate of drug-likeness (QED) is 0.825. The molecule has 0 saturated carbocycles. The third-order valence-corrected chi connectivity index (χ3v) is 6.66. The summed E-state index contributed by atoms with van der Waals surface area (Å²) in [5.41, 5.74) is 2.13. The molecule has 0 aliphatic carbocycles. The lowest BCUT2D eigenvalue weighted by molar-refractivity contribution is 0.384. The highest BCUT2D eigenvalue weighted by Crippen LogP contribution is 2.26. The molecular weight excluding hydrogens is 350 g/mol. The second kappa shape index (κ2) is 7.36. The van der Waals surface area contributed by atoms with Crippen molar-refractivity contribution in [2.75, 3.05) is 38.2 Å². The van der Waals surface area contributed by atoms with Crippen LogP contribution >= 0.6 is 0 Å². The van der Waals surface area contributed by atoms with Crippen molar-refractivity contribution in [3.05, 3.63) is 53.6 Å². The van der Waals surface area contributed by atoms with Gasteiger partial charge in [-0.1, -0.05) is 12.1 Å². The molecule has 1 fully saturated rings. The van der Waals surface area contributed by atoms with E-state index in [1.54, 1.807) is 38.3 Å². The first-order valence-electron chi connectivity index (χ1n) is 8.36. The lowest BCUT2D eigenvalue weighted by Crippen LogP contribution is -2.49. The molecule has 3 rings (SSSR count). The number of hydrogen-bond acceptors (Lipinski definition) is 5. The number of benzene rings is 2. The SMILES string of the molecule is COc1ccc(S(=O)(=O)N2CCN(c3ccccc3C#N)CC2)c(C)c1. The van der Waals surface area contributed by atoms with Crippen LogP contribution in [-0.2, 0) is 10.0 Å². The van der Waals surface area contributed by atoms with Gasteiger partial charge in [0.1, 0.15) is 11.8 Å². The van der Waals surface area contributed by atoms with E-state index in [2.05, 4.69) is 11.0 Å². The highest BCUT2D eigenvalue weighted by atomic mass is 32.2.